The molecular weight excluding hydrogens is 511 g/mol. The van der Waals surface area contributed by atoms with E-state index in [9.17, 15) is 0 Å². The third-order valence-corrected chi connectivity index (χ3v) is 0. The maximum absolute atomic E-state index is 9.08. The Morgan fingerprint density at radius 1 is 0.346 bits per heavy atom. The van der Waals surface area contributed by atoms with Crippen LogP contribution in [0.5, 0.6) is 0 Å². The van der Waals surface area contributed by atoms with Crippen molar-refractivity contribution >= 4 is 50.6 Å². The van der Waals surface area contributed by atoms with Gasteiger partial charge in [0, 0.05) is 31.3 Å². The number of rotatable bonds is 0. The van der Waals surface area contributed by atoms with Gasteiger partial charge in [0.05, 0.1) is 50.6 Å². The molecule has 26 heavy (non-hydrogen) atoms. The molecule has 0 unspecified atom stereocenters. The molecular formula is C5H15O15S5V. The average Bonchev–Trinajstić information content (AvgIpc) is 1.79. The molecule has 0 saturated carbocycles. The molecule has 0 aliphatic carbocycles. The van der Waals surface area contributed by atoms with Crippen molar-refractivity contribution < 1.29 is 83.4 Å². The molecule has 160 valence electrons. The molecule has 0 fully saturated rings. The summed E-state index contributed by atoms with van der Waals surface area (Å²) in [5.41, 5.74) is 0. The van der Waals surface area contributed by atoms with Gasteiger partial charge in [-0.25, -0.2) is 42.1 Å². The van der Waals surface area contributed by atoms with Crippen molar-refractivity contribution in [1.82, 2.24) is 0 Å². The van der Waals surface area contributed by atoms with Crippen molar-refractivity contribution in [3.05, 3.63) is 0 Å². The molecule has 0 heterocycles. The van der Waals surface area contributed by atoms with Gasteiger partial charge in [-0.15, -0.1) is 0 Å². The zero-order valence-corrected chi connectivity index (χ0v) is 19.1. The Hall–Kier alpha value is 0.134. The normalized spacial score (nSPS) is 11.2. The van der Waals surface area contributed by atoms with Gasteiger partial charge in [-0.3, -0.25) is 0 Å². The Morgan fingerprint density at radius 3 is 0.346 bits per heavy atom. The molecule has 0 amide bonds. The van der Waals surface area contributed by atoms with Crippen LogP contribution in [0.3, 0.4) is 0 Å². The summed E-state index contributed by atoms with van der Waals surface area (Å²) in [5, 5.41) is 0. The molecule has 0 atom stereocenters. The van der Waals surface area contributed by atoms with E-state index < -0.39 is 50.6 Å². The summed E-state index contributed by atoms with van der Waals surface area (Å²) in [7, 11) is -19.6. The molecule has 0 aliphatic rings. The third kappa shape index (κ3) is 715000. The van der Waals surface area contributed by atoms with E-state index in [-0.39, 0.29) is 18.6 Å². The van der Waals surface area contributed by atoms with Gasteiger partial charge in [0.25, 0.3) is 0 Å². The van der Waals surface area contributed by atoms with Gasteiger partial charge >= 0.3 is 18.6 Å². The predicted molar refractivity (Wildman–Crippen MR) is 78.1 cm³/mol. The van der Waals surface area contributed by atoms with Crippen LogP contribution in [-0.2, 0) is 69.1 Å². The smallest absolute Gasteiger partial charge is 0.748 e. The second-order valence-corrected chi connectivity index (χ2v) is 10.6. The Balaban J connectivity index is -0.0000000476. The summed E-state index contributed by atoms with van der Waals surface area (Å²) in [6.07, 6.45) is 3.02. The minimum atomic E-state index is -3.92. The molecule has 21 heteroatoms. The molecule has 0 aromatic heterocycles. The first kappa shape index (κ1) is 40.7. The van der Waals surface area contributed by atoms with E-state index in [2.05, 4.69) is 0 Å². The largest absolute Gasteiger partial charge is 5.00 e. The van der Waals surface area contributed by atoms with Crippen molar-refractivity contribution in [3.63, 3.8) is 0 Å². The quantitative estimate of drug-likeness (QED) is 0.270. The second kappa shape index (κ2) is 16.1. The van der Waals surface area contributed by atoms with Crippen molar-refractivity contribution in [2.24, 2.45) is 0 Å². The summed E-state index contributed by atoms with van der Waals surface area (Å²) < 4.78 is 136. The van der Waals surface area contributed by atoms with Crippen LogP contribution in [-0.4, -0.2) is 96.1 Å². The van der Waals surface area contributed by atoms with E-state index in [1.54, 1.807) is 0 Å². The fraction of sp³-hybridized carbons (Fsp3) is 1.00. The predicted octanol–water partition coefficient (Wildman–Crippen LogP) is -4.20. The van der Waals surface area contributed by atoms with Crippen LogP contribution in [0.2, 0.25) is 0 Å². The van der Waals surface area contributed by atoms with Crippen LogP contribution in [0.25, 0.3) is 0 Å². The molecule has 0 saturated heterocycles. The van der Waals surface area contributed by atoms with Crippen LogP contribution >= 0.6 is 0 Å². The maximum atomic E-state index is 9.08. The monoisotopic (exact) mass is 526 g/mol. The van der Waals surface area contributed by atoms with E-state index in [4.69, 9.17) is 64.9 Å². The van der Waals surface area contributed by atoms with Gasteiger partial charge in [-0.2, -0.15) is 0 Å². The first-order valence-electron chi connectivity index (χ1n) is 4.54. The fourth-order valence-electron chi connectivity index (χ4n) is 0. The van der Waals surface area contributed by atoms with Crippen LogP contribution in [0.15, 0.2) is 0 Å². The SMILES string of the molecule is CS(=O)(=O)[O-].CS(=O)(=O)[O-].CS(=O)(=O)[O-].CS(=O)(=O)[O-].CS(=O)(=O)[O-].[V+5]. The first-order valence-corrected chi connectivity index (χ1v) is 13.6. The van der Waals surface area contributed by atoms with Crippen molar-refractivity contribution in [3.8, 4) is 0 Å². The van der Waals surface area contributed by atoms with E-state index in [1.807, 2.05) is 0 Å². The molecule has 0 aromatic carbocycles. The molecule has 0 aromatic rings. The van der Waals surface area contributed by atoms with E-state index in [0.29, 0.717) is 31.3 Å². The molecule has 0 rings (SSSR count). The van der Waals surface area contributed by atoms with Crippen LogP contribution in [0.1, 0.15) is 0 Å². The van der Waals surface area contributed by atoms with Gasteiger partial charge in [-0.05, 0) is 0 Å². The fourth-order valence-corrected chi connectivity index (χ4v) is 0. The van der Waals surface area contributed by atoms with Crippen LogP contribution < -0.4 is 0 Å². The van der Waals surface area contributed by atoms with Gasteiger partial charge in [-0.1, -0.05) is 0 Å². The summed E-state index contributed by atoms with van der Waals surface area (Å²) >= 11 is 0. The van der Waals surface area contributed by atoms with E-state index >= 15 is 0 Å². The summed E-state index contributed by atoms with van der Waals surface area (Å²) in [4.78, 5) is 0. The zero-order valence-electron chi connectivity index (χ0n) is 13.6. The Morgan fingerprint density at radius 2 is 0.346 bits per heavy atom. The topological polar surface area (TPSA) is 286 Å². The van der Waals surface area contributed by atoms with Gasteiger partial charge < -0.3 is 22.8 Å². The van der Waals surface area contributed by atoms with Crippen molar-refractivity contribution in [2.75, 3.05) is 31.3 Å². The molecule has 0 radical (unpaired) electrons. The van der Waals surface area contributed by atoms with Crippen molar-refractivity contribution in [2.45, 2.75) is 0 Å². The average molecular weight is 526 g/mol. The Bertz CT molecular complexity index is 631. The molecule has 0 spiro atoms. The van der Waals surface area contributed by atoms with Gasteiger partial charge in [0.2, 0.25) is 0 Å². The standard InChI is InChI=1S/5CH4O3S.V/c5*1-5(2,3)4;/h5*1H3,(H,2,3,4);/q;;;;;+5/p-5. The number of hydrogen-bond donors (Lipinski definition) is 0. The second-order valence-electron chi connectivity index (χ2n) is 3.52. The summed E-state index contributed by atoms with van der Waals surface area (Å²) in [5.74, 6) is 0. The Labute approximate surface area is 164 Å². The summed E-state index contributed by atoms with van der Waals surface area (Å²) in [6.45, 7) is 0. The van der Waals surface area contributed by atoms with Gasteiger partial charge in [0.1, 0.15) is 0 Å². The van der Waals surface area contributed by atoms with Crippen molar-refractivity contribution in [1.29, 1.82) is 0 Å². The first-order chi connectivity index (χ1) is 10.0. The van der Waals surface area contributed by atoms with Crippen LogP contribution in [0, 0.1) is 0 Å². The summed E-state index contributed by atoms with van der Waals surface area (Å²) in [6, 6.07) is 0. The molecule has 0 N–H and O–H groups in total. The van der Waals surface area contributed by atoms with Gasteiger partial charge in [0.15, 0.2) is 0 Å². The van der Waals surface area contributed by atoms with Crippen LogP contribution in [0.4, 0.5) is 0 Å². The Kier molecular flexibility index (Phi) is 25.3. The molecule has 0 bridgehead atoms. The minimum Gasteiger partial charge on any atom is -0.748 e. The molecule has 15 nitrogen and oxygen atoms in total. The minimum absolute atomic E-state index is 0. The number of hydrogen-bond acceptors (Lipinski definition) is 15. The molecule has 0 aliphatic heterocycles. The maximum Gasteiger partial charge on any atom is 5.00 e. The van der Waals surface area contributed by atoms with E-state index in [0.717, 1.165) is 0 Å². The zero-order chi connectivity index (χ0) is 22.5. The van der Waals surface area contributed by atoms with E-state index in [1.165, 1.54) is 0 Å². The third-order valence-electron chi connectivity index (χ3n) is 0.